The maximum absolute atomic E-state index is 11.3. The number of hydrogen-bond donors (Lipinski definition) is 2. The average molecular weight is 206 g/mol. The minimum absolute atomic E-state index is 0.132. The van der Waals surface area contributed by atoms with Gasteiger partial charge < -0.3 is 10.2 Å². The molecule has 3 heteroatoms. The zero-order chi connectivity index (χ0) is 11.1. The number of carbonyl (C=O) groups is 1. The van der Waals surface area contributed by atoms with Crippen molar-refractivity contribution in [3.63, 3.8) is 0 Å². The third kappa shape index (κ3) is 1.30. The molecule has 2 atom stereocenters. The van der Waals surface area contributed by atoms with Gasteiger partial charge in [0.15, 0.2) is 0 Å². The van der Waals surface area contributed by atoms with E-state index >= 15 is 0 Å². The number of carboxylic acids is 1. The van der Waals surface area contributed by atoms with E-state index in [0.29, 0.717) is 12.0 Å². The van der Waals surface area contributed by atoms with Crippen LogP contribution in [0.2, 0.25) is 0 Å². The maximum Gasteiger partial charge on any atom is 0.314 e. The highest BCUT2D eigenvalue weighted by Crippen LogP contribution is 2.49. The summed E-state index contributed by atoms with van der Waals surface area (Å²) < 4.78 is 0. The summed E-state index contributed by atoms with van der Waals surface area (Å²) in [5.74, 6) is -0.518. The van der Waals surface area contributed by atoms with Gasteiger partial charge in [0.2, 0.25) is 0 Å². The maximum atomic E-state index is 11.3. The van der Waals surface area contributed by atoms with Crippen LogP contribution in [0.3, 0.4) is 0 Å². The lowest BCUT2D eigenvalue weighted by Gasteiger charge is -2.44. The number of carboxylic acid groups (broad SMARTS) is 1. The largest absolute Gasteiger partial charge is 0.508 e. The Balaban J connectivity index is 2.47. The topological polar surface area (TPSA) is 57.5 Å². The van der Waals surface area contributed by atoms with E-state index < -0.39 is 11.4 Å². The minimum Gasteiger partial charge on any atom is -0.508 e. The van der Waals surface area contributed by atoms with E-state index in [-0.39, 0.29) is 11.7 Å². The van der Waals surface area contributed by atoms with Crippen molar-refractivity contribution in [3.8, 4) is 5.75 Å². The van der Waals surface area contributed by atoms with Gasteiger partial charge in [0, 0.05) is 0 Å². The third-order valence-electron chi connectivity index (χ3n) is 3.56. The second kappa shape index (κ2) is 3.26. The van der Waals surface area contributed by atoms with Crippen LogP contribution < -0.4 is 0 Å². The molecule has 0 radical (unpaired) electrons. The van der Waals surface area contributed by atoms with Gasteiger partial charge in [-0.1, -0.05) is 19.1 Å². The molecule has 0 saturated heterocycles. The SMILES string of the molecule is CC1CCC1(C(=O)O)c1cccc(O)c1. The summed E-state index contributed by atoms with van der Waals surface area (Å²) >= 11 is 0. The van der Waals surface area contributed by atoms with Crippen molar-refractivity contribution in [1.82, 2.24) is 0 Å². The number of aromatic hydroxyl groups is 1. The minimum atomic E-state index is -0.785. The summed E-state index contributed by atoms with van der Waals surface area (Å²) in [5.41, 5.74) is -0.0626. The molecule has 0 amide bonds. The van der Waals surface area contributed by atoms with Crippen molar-refractivity contribution in [2.24, 2.45) is 5.92 Å². The van der Waals surface area contributed by atoms with Crippen LogP contribution in [0.1, 0.15) is 25.3 Å². The Bertz CT molecular complexity index is 400. The predicted octanol–water partition coefficient (Wildman–Crippen LogP) is 2.14. The molecule has 3 nitrogen and oxygen atoms in total. The van der Waals surface area contributed by atoms with Crippen molar-refractivity contribution >= 4 is 5.97 Å². The Labute approximate surface area is 88.4 Å². The summed E-state index contributed by atoms with van der Waals surface area (Å²) in [5, 5.41) is 18.7. The zero-order valence-electron chi connectivity index (χ0n) is 8.60. The zero-order valence-corrected chi connectivity index (χ0v) is 8.60. The molecule has 1 aromatic rings. The molecular formula is C12H14O3. The first-order chi connectivity index (χ1) is 7.07. The molecule has 0 aliphatic heterocycles. The normalized spacial score (nSPS) is 29.5. The van der Waals surface area contributed by atoms with Gasteiger partial charge in [-0.25, -0.2) is 0 Å². The molecule has 2 unspecified atom stereocenters. The van der Waals surface area contributed by atoms with Gasteiger partial charge in [-0.05, 0) is 36.5 Å². The lowest BCUT2D eigenvalue weighted by molar-refractivity contribution is -0.151. The number of rotatable bonds is 2. The first kappa shape index (κ1) is 10.0. The number of aliphatic carboxylic acids is 1. The molecule has 2 N–H and O–H groups in total. The Kier molecular flexibility index (Phi) is 2.18. The van der Waals surface area contributed by atoms with E-state index in [1.807, 2.05) is 6.92 Å². The second-order valence-corrected chi connectivity index (χ2v) is 4.27. The van der Waals surface area contributed by atoms with Gasteiger partial charge in [0.05, 0.1) is 5.41 Å². The Hall–Kier alpha value is -1.51. The first-order valence-corrected chi connectivity index (χ1v) is 5.10. The second-order valence-electron chi connectivity index (χ2n) is 4.27. The average Bonchev–Trinajstić information content (AvgIpc) is 2.16. The molecule has 0 aromatic heterocycles. The van der Waals surface area contributed by atoms with E-state index in [4.69, 9.17) is 0 Å². The molecule has 0 bridgehead atoms. The Morgan fingerprint density at radius 1 is 1.53 bits per heavy atom. The molecule has 1 saturated carbocycles. The lowest BCUT2D eigenvalue weighted by atomic mass is 9.57. The lowest BCUT2D eigenvalue weighted by Crippen LogP contribution is -2.49. The number of benzene rings is 1. The Morgan fingerprint density at radius 3 is 2.67 bits per heavy atom. The van der Waals surface area contributed by atoms with Crippen LogP contribution in [0.15, 0.2) is 24.3 Å². The molecule has 0 heterocycles. The van der Waals surface area contributed by atoms with Crippen LogP contribution in [0.25, 0.3) is 0 Å². The van der Waals surface area contributed by atoms with Crippen LogP contribution in [0.5, 0.6) is 5.75 Å². The number of phenols is 1. The van der Waals surface area contributed by atoms with Gasteiger partial charge >= 0.3 is 5.97 Å². The van der Waals surface area contributed by atoms with Crippen molar-refractivity contribution in [3.05, 3.63) is 29.8 Å². The van der Waals surface area contributed by atoms with E-state index in [1.165, 1.54) is 0 Å². The van der Waals surface area contributed by atoms with Crippen molar-refractivity contribution < 1.29 is 15.0 Å². The highest BCUT2D eigenvalue weighted by Gasteiger charge is 2.51. The molecule has 0 spiro atoms. The molecule has 1 aliphatic carbocycles. The van der Waals surface area contributed by atoms with Crippen LogP contribution in [-0.4, -0.2) is 16.2 Å². The van der Waals surface area contributed by atoms with Gasteiger partial charge in [-0.15, -0.1) is 0 Å². The highest BCUT2D eigenvalue weighted by molar-refractivity contribution is 5.83. The fraction of sp³-hybridized carbons (Fsp3) is 0.417. The fourth-order valence-corrected chi connectivity index (χ4v) is 2.38. The van der Waals surface area contributed by atoms with Crippen molar-refractivity contribution in [1.29, 1.82) is 0 Å². The summed E-state index contributed by atoms with van der Waals surface area (Å²) in [6.07, 6.45) is 1.59. The summed E-state index contributed by atoms with van der Waals surface area (Å²) in [7, 11) is 0. The van der Waals surface area contributed by atoms with Crippen molar-refractivity contribution in [2.45, 2.75) is 25.2 Å². The van der Waals surface area contributed by atoms with Crippen LogP contribution in [0.4, 0.5) is 0 Å². The molecule has 1 aromatic carbocycles. The highest BCUT2D eigenvalue weighted by atomic mass is 16.4. The number of hydrogen-bond acceptors (Lipinski definition) is 2. The summed E-state index contributed by atoms with van der Waals surface area (Å²) in [4.78, 5) is 11.3. The quantitative estimate of drug-likeness (QED) is 0.779. The molecule has 2 rings (SSSR count). The smallest absolute Gasteiger partial charge is 0.314 e. The predicted molar refractivity (Wildman–Crippen MR) is 55.8 cm³/mol. The standard InChI is InChI=1S/C12H14O3/c1-8-5-6-12(8,11(14)15)9-3-2-4-10(13)7-9/h2-4,7-8,13H,5-6H2,1H3,(H,14,15). The van der Waals surface area contributed by atoms with E-state index in [1.54, 1.807) is 24.3 Å². The monoisotopic (exact) mass is 206 g/mol. The van der Waals surface area contributed by atoms with E-state index in [2.05, 4.69) is 0 Å². The Morgan fingerprint density at radius 2 is 2.27 bits per heavy atom. The van der Waals surface area contributed by atoms with E-state index in [0.717, 1.165) is 6.42 Å². The van der Waals surface area contributed by atoms with Gasteiger partial charge in [-0.3, -0.25) is 4.79 Å². The van der Waals surface area contributed by atoms with Gasteiger partial charge in [0.1, 0.15) is 5.75 Å². The third-order valence-corrected chi connectivity index (χ3v) is 3.56. The van der Waals surface area contributed by atoms with E-state index in [9.17, 15) is 15.0 Å². The fourth-order valence-electron chi connectivity index (χ4n) is 2.38. The summed E-state index contributed by atoms with van der Waals surface area (Å²) in [6, 6.07) is 6.59. The molecule has 80 valence electrons. The molecular weight excluding hydrogens is 192 g/mol. The molecule has 1 fully saturated rings. The molecule has 1 aliphatic rings. The first-order valence-electron chi connectivity index (χ1n) is 5.10. The number of phenolic OH excluding ortho intramolecular Hbond substituents is 1. The molecule has 15 heavy (non-hydrogen) atoms. The van der Waals surface area contributed by atoms with Crippen LogP contribution in [0, 0.1) is 5.92 Å². The van der Waals surface area contributed by atoms with Crippen molar-refractivity contribution in [2.75, 3.05) is 0 Å². The van der Waals surface area contributed by atoms with Crippen LogP contribution in [-0.2, 0) is 10.2 Å². The summed E-state index contributed by atoms with van der Waals surface area (Å²) in [6.45, 7) is 1.95. The van der Waals surface area contributed by atoms with Gasteiger partial charge in [-0.2, -0.15) is 0 Å². The van der Waals surface area contributed by atoms with Crippen LogP contribution >= 0.6 is 0 Å². The van der Waals surface area contributed by atoms with Gasteiger partial charge in [0.25, 0.3) is 0 Å².